The van der Waals surface area contributed by atoms with E-state index in [2.05, 4.69) is 6.92 Å². The molecule has 1 aliphatic rings. The van der Waals surface area contributed by atoms with E-state index < -0.39 is 12.1 Å². The number of nitrogens with zero attached hydrogens (tertiary/aromatic N) is 1. The van der Waals surface area contributed by atoms with Gasteiger partial charge >= 0.3 is 5.97 Å². The maximum atomic E-state index is 12.2. The summed E-state index contributed by atoms with van der Waals surface area (Å²) in [4.78, 5) is 24.9. The number of aromatic carboxylic acids is 1. The molecule has 0 spiro atoms. The number of rotatable bonds is 10. The Hall–Kier alpha value is -2.14. The van der Waals surface area contributed by atoms with Crippen molar-refractivity contribution in [1.82, 2.24) is 4.90 Å². The van der Waals surface area contributed by atoms with Gasteiger partial charge in [0.2, 0.25) is 5.91 Å². The van der Waals surface area contributed by atoms with Gasteiger partial charge in [-0.05, 0) is 37.0 Å². The molecule has 0 radical (unpaired) electrons. The minimum atomic E-state index is -0.936. The van der Waals surface area contributed by atoms with Gasteiger partial charge in [-0.1, -0.05) is 50.5 Å². The SMILES string of the molecule is CCCCCC(O)/C=C/[C@@H]1CCC(=O)N1CCc1ccc(C(=O)O)cc1. The fourth-order valence-electron chi connectivity index (χ4n) is 3.27. The van der Waals surface area contributed by atoms with E-state index in [0.29, 0.717) is 19.4 Å². The van der Waals surface area contributed by atoms with Gasteiger partial charge in [0.1, 0.15) is 0 Å². The molecule has 0 bridgehead atoms. The van der Waals surface area contributed by atoms with Gasteiger partial charge in [-0.3, -0.25) is 4.79 Å². The highest BCUT2D eigenvalue weighted by Crippen LogP contribution is 2.21. The average Bonchev–Trinajstić information content (AvgIpc) is 2.98. The summed E-state index contributed by atoms with van der Waals surface area (Å²) in [5.74, 6) is -0.795. The van der Waals surface area contributed by atoms with Gasteiger partial charge in [0.15, 0.2) is 0 Å². The molecule has 1 unspecified atom stereocenters. The Labute approximate surface area is 155 Å². The molecule has 5 heteroatoms. The molecule has 26 heavy (non-hydrogen) atoms. The smallest absolute Gasteiger partial charge is 0.335 e. The zero-order valence-corrected chi connectivity index (χ0v) is 15.4. The van der Waals surface area contributed by atoms with E-state index in [0.717, 1.165) is 37.7 Å². The lowest BCUT2D eigenvalue weighted by Crippen LogP contribution is -2.33. The number of hydrogen-bond acceptors (Lipinski definition) is 3. The number of carbonyl (C=O) groups is 2. The van der Waals surface area contributed by atoms with Crippen molar-refractivity contribution in [2.75, 3.05) is 6.54 Å². The summed E-state index contributed by atoms with van der Waals surface area (Å²) in [6, 6.07) is 6.82. The predicted molar refractivity (Wildman–Crippen MR) is 101 cm³/mol. The van der Waals surface area contributed by atoms with Crippen LogP contribution in [-0.2, 0) is 11.2 Å². The van der Waals surface area contributed by atoms with Crippen LogP contribution in [0.15, 0.2) is 36.4 Å². The number of likely N-dealkylation sites (tertiary alicyclic amines) is 1. The summed E-state index contributed by atoms with van der Waals surface area (Å²) in [5, 5.41) is 19.0. The molecule has 1 heterocycles. The van der Waals surface area contributed by atoms with Gasteiger partial charge in [-0.15, -0.1) is 0 Å². The summed E-state index contributed by atoms with van der Waals surface area (Å²) in [7, 11) is 0. The highest BCUT2D eigenvalue weighted by atomic mass is 16.4. The normalized spacial score (nSPS) is 18.6. The number of carboxylic acids is 1. The minimum absolute atomic E-state index is 0.0432. The fourth-order valence-corrected chi connectivity index (χ4v) is 3.27. The van der Waals surface area contributed by atoms with Crippen LogP contribution in [0.5, 0.6) is 0 Å². The zero-order chi connectivity index (χ0) is 18.9. The highest BCUT2D eigenvalue weighted by molar-refractivity contribution is 5.87. The number of unbranched alkanes of at least 4 members (excludes halogenated alkanes) is 2. The Kier molecular flexibility index (Phi) is 7.85. The van der Waals surface area contributed by atoms with Crippen molar-refractivity contribution in [1.29, 1.82) is 0 Å². The average molecular weight is 359 g/mol. The third kappa shape index (κ3) is 5.99. The maximum Gasteiger partial charge on any atom is 0.335 e. The Morgan fingerprint density at radius 3 is 2.69 bits per heavy atom. The van der Waals surface area contributed by atoms with Crippen LogP contribution in [0, 0.1) is 0 Å². The third-order valence-corrected chi connectivity index (χ3v) is 4.88. The van der Waals surface area contributed by atoms with E-state index >= 15 is 0 Å². The van der Waals surface area contributed by atoms with E-state index in [1.807, 2.05) is 17.1 Å². The predicted octanol–water partition coefficient (Wildman–Crippen LogP) is 3.42. The second kappa shape index (κ2) is 10.1. The molecule has 2 N–H and O–H groups in total. The quantitative estimate of drug-likeness (QED) is 0.496. The van der Waals surface area contributed by atoms with Crippen LogP contribution in [0.1, 0.15) is 61.4 Å². The fraction of sp³-hybridized carbons (Fsp3) is 0.524. The van der Waals surface area contributed by atoms with Crippen LogP contribution in [0.2, 0.25) is 0 Å². The molecule has 142 valence electrons. The monoisotopic (exact) mass is 359 g/mol. The lowest BCUT2D eigenvalue weighted by Gasteiger charge is -2.22. The molecule has 0 saturated carbocycles. The molecule has 1 fully saturated rings. The maximum absolute atomic E-state index is 12.2. The summed E-state index contributed by atoms with van der Waals surface area (Å²) in [5.41, 5.74) is 1.28. The van der Waals surface area contributed by atoms with Gasteiger partial charge in [-0.2, -0.15) is 0 Å². The first-order valence-electron chi connectivity index (χ1n) is 9.49. The Bertz CT molecular complexity index is 623. The van der Waals surface area contributed by atoms with Crippen LogP contribution in [-0.4, -0.2) is 45.7 Å². The van der Waals surface area contributed by atoms with E-state index in [-0.39, 0.29) is 17.5 Å². The number of amides is 1. The third-order valence-electron chi connectivity index (χ3n) is 4.88. The van der Waals surface area contributed by atoms with Crippen molar-refractivity contribution in [2.45, 2.75) is 64.0 Å². The number of aliphatic hydroxyl groups is 1. The van der Waals surface area contributed by atoms with E-state index in [1.54, 1.807) is 24.3 Å². The summed E-state index contributed by atoms with van der Waals surface area (Å²) >= 11 is 0. The van der Waals surface area contributed by atoms with Crippen molar-refractivity contribution < 1.29 is 19.8 Å². The highest BCUT2D eigenvalue weighted by Gasteiger charge is 2.28. The lowest BCUT2D eigenvalue weighted by molar-refractivity contribution is -0.128. The molecule has 2 atom stereocenters. The molecule has 1 saturated heterocycles. The van der Waals surface area contributed by atoms with Gasteiger partial charge < -0.3 is 15.1 Å². The first-order chi connectivity index (χ1) is 12.5. The van der Waals surface area contributed by atoms with Crippen LogP contribution in [0.3, 0.4) is 0 Å². The van der Waals surface area contributed by atoms with Gasteiger partial charge in [-0.25, -0.2) is 4.79 Å². The van der Waals surface area contributed by atoms with E-state index in [4.69, 9.17) is 5.11 Å². The lowest BCUT2D eigenvalue weighted by atomic mass is 10.1. The number of benzene rings is 1. The summed E-state index contributed by atoms with van der Waals surface area (Å²) in [6.45, 7) is 2.74. The van der Waals surface area contributed by atoms with E-state index in [1.165, 1.54) is 0 Å². The molecule has 1 aromatic carbocycles. The minimum Gasteiger partial charge on any atom is -0.478 e. The molecule has 1 aliphatic heterocycles. The van der Waals surface area contributed by atoms with Crippen LogP contribution >= 0.6 is 0 Å². The number of hydrogen-bond donors (Lipinski definition) is 2. The van der Waals surface area contributed by atoms with Gasteiger partial charge in [0, 0.05) is 13.0 Å². The second-order valence-electron chi connectivity index (χ2n) is 6.89. The first kappa shape index (κ1) is 20.2. The van der Waals surface area contributed by atoms with Crippen LogP contribution < -0.4 is 0 Å². The first-order valence-corrected chi connectivity index (χ1v) is 9.49. The number of carbonyl (C=O) groups excluding carboxylic acids is 1. The van der Waals surface area contributed by atoms with Crippen molar-refractivity contribution in [3.8, 4) is 0 Å². The Morgan fingerprint density at radius 1 is 1.31 bits per heavy atom. The van der Waals surface area contributed by atoms with Crippen LogP contribution in [0.4, 0.5) is 0 Å². The van der Waals surface area contributed by atoms with E-state index in [9.17, 15) is 14.7 Å². The molecule has 0 aliphatic carbocycles. The summed E-state index contributed by atoms with van der Waals surface area (Å²) < 4.78 is 0. The van der Waals surface area contributed by atoms with Crippen molar-refractivity contribution >= 4 is 11.9 Å². The molecule has 1 aromatic rings. The number of carboxylic acid groups (broad SMARTS) is 1. The van der Waals surface area contributed by atoms with Gasteiger partial charge in [0.25, 0.3) is 0 Å². The topological polar surface area (TPSA) is 77.8 Å². The zero-order valence-electron chi connectivity index (χ0n) is 15.4. The summed E-state index contributed by atoms with van der Waals surface area (Å²) in [6.07, 6.45) is 9.41. The standard InChI is InChI=1S/C21H29NO4/c1-2-3-4-5-19(23)12-10-18-11-13-20(24)22(18)15-14-16-6-8-17(9-7-16)21(25)26/h6-10,12,18-19,23H,2-5,11,13-15H2,1H3,(H,25,26)/b12-10+/t18-,19?/m1/s1. The molecular formula is C21H29NO4. The Balaban J connectivity index is 1.87. The van der Waals surface area contributed by atoms with Gasteiger partial charge in [0.05, 0.1) is 17.7 Å². The largest absolute Gasteiger partial charge is 0.478 e. The van der Waals surface area contributed by atoms with Crippen molar-refractivity contribution in [2.24, 2.45) is 0 Å². The second-order valence-corrected chi connectivity index (χ2v) is 6.89. The molecule has 5 nitrogen and oxygen atoms in total. The van der Waals surface area contributed by atoms with Crippen molar-refractivity contribution in [3.05, 3.63) is 47.5 Å². The van der Waals surface area contributed by atoms with Crippen molar-refractivity contribution in [3.63, 3.8) is 0 Å². The van der Waals surface area contributed by atoms with Crippen LogP contribution in [0.25, 0.3) is 0 Å². The molecular weight excluding hydrogens is 330 g/mol. The molecule has 1 amide bonds. The molecule has 0 aromatic heterocycles. The molecule has 2 rings (SSSR count). The Morgan fingerprint density at radius 2 is 2.04 bits per heavy atom. The number of aliphatic hydroxyl groups excluding tert-OH is 1.